The number of ether oxygens (including phenoxy) is 2. The van der Waals surface area contributed by atoms with Crippen molar-refractivity contribution in [3.8, 4) is 17.0 Å². The number of amides is 1. The molecular weight excluding hydrogens is 465 g/mol. The molecule has 3 aromatic heterocycles. The molecule has 36 heavy (non-hydrogen) atoms. The monoisotopic (exact) mass is 491 g/mol. The number of fused-ring (bicyclic) bond motifs is 1. The van der Waals surface area contributed by atoms with E-state index in [1.54, 1.807) is 35.1 Å². The molecule has 0 unspecified atom stereocenters. The highest BCUT2D eigenvalue weighted by molar-refractivity contribution is 5.97. The number of rotatable bonds is 7. The molecule has 0 aliphatic carbocycles. The second kappa shape index (κ2) is 10.3. The van der Waals surface area contributed by atoms with Gasteiger partial charge >= 0.3 is 0 Å². The van der Waals surface area contributed by atoms with Crippen molar-refractivity contribution in [1.82, 2.24) is 29.8 Å². The Hall–Kier alpha value is -4.09. The van der Waals surface area contributed by atoms with Gasteiger partial charge < -0.3 is 20.5 Å². The Morgan fingerprint density at radius 2 is 2.06 bits per heavy atom. The van der Waals surface area contributed by atoms with Crippen LogP contribution in [0.2, 0.25) is 0 Å². The van der Waals surface area contributed by atoms with E-state index in [1.807, 2.05) is 12.1 Å². The molecular formula is C25H26FN7O3. The van der Waals surface area contributed by atoms with Crippen molar-refractivity contribution >= 4 is 17.5 Å². The zero-order valence-electron chi connectivity index (χ0n) is 19.8. The van der Waals surface area contributed by atoms with Crippen LogP contribution in [0, 0.1) is 5.82 Å². The van der Waals surface area contributed by atoms with Crippen LogP contribution in [0.1, 0.15) is 21.5 Å². The van der Waals surface area contributed by atoms with Gasteiger partial charge in [-0.1, -0.05) is 12.1 Å². The number of carbonyl (C=O) groups excluding carboxylic acids is 1. The van der Waals surface area contributed by atoms with Crippen molar-refractivity contribution in [3.63, 3.8) is 0 Å². The molecule has 1 aromatic carbocycles. The van der Waals surface area contributed by atoms with Gasteiger partial charge in [0.2, 0.25) is 11.8 Å². The molecule has 11 heteroatoms. The summed E-state index contributed by atoms with van der Waals surface area (Å²) < 4.78 is 27.0. The second-order valence-electron chi connectivity index (χ2n) is 8.42. The molecule has 1 aliphatic rings. The van der Waals surface area contributed by atoms with E-state index in [9.17, 15) is 9.18 Å². The van der Waals surface area contributed by atoms with Gasteiger partial charge in [0.1, 0.15) is 11.4 Å². The molecule has 1 aliphatic heterocycles. The van der Waals surface area contributed by atoms with Crippen LogP contribution in [-0.2, 0) is 17.8 Å². The number of morpholine rings is 1. The Bertz CT molecular complexity index is 1400. The molecule has 10 nitrogen and oxygen atoms in total. The summed E-state index contributed by atoms with van der Waals surface area (Å²) in [6.07, 6.45) is 3.35. The summed E-state index contributed by atoms with van der Waals surface area (Å²) >= 11 is 0. The van der Waals surface area contributed by atoms with E-state index in [2.05, 4.69) is 25.3 Å². The molecule has 1 saturated heterocycles. The maximum Gasteiger partial charge on any atom is 0.257 e. The lowest BCUT2D eigenvalue weighted by Crippen LogP contribution is -2.36. The van der Waals surface area contributed by atoms with E-state index in [0.29, 0.717) is 42.1 Å². The second-order valence-corrected chi connectivity index (χ2v) is 8.42. The van der Waals surface area contributed by atoms with Crippen LogP contribution in [0.25, 0.3) is 16.8 Å². The van der Waals surface area contributed by atoms with Gasteiger partial charge in [-0.2, -0.15) is 4.98 Å². The van der Waals surface area contributed by atoms with Crippen LogP contribution in [-0.4, -0.2) is 63.8 Å². The predicted molar refractivity (Wildman–Crippen MR) is 131 cm³/mol. The minimum Gasteiger partial charge on any atom is -0.480 e. The van der Waals surface area contributed by atoms with Crippen molar-refractivity contribution in [3.05, 3.63) is 71.3 Å². The van der Waals surface area contributed by atoms with E-state index in [4.69, 9.17) is 15.2 Å². The van der Waals surface area contributed by atoms with E-state index < -0.39 is 0 Å². The minimum atomic E-state index is -0.379. The molecule has 4 heterocycles. The standard InChI is InChI=1S/C25H26FN7O3/c1-35-24-19(11-18(14-29-24)16-5-6-33-22(12-16)30-25(27)31-33)23(34)28-13-17-3-2-4-21(26)20(17)15-32-7-9-36-10-8-32/h2-6,11-12,14H,7-10,13,15H2,1H3,(H2,27,31)(H,28,34). The van der Waals surface area contributed by atoms with E-state index in [-0.39, 0.29) is 35.7 Å². The zero-order valence-corrected chi connectivity index (χ0v) is 19.8. The van der Waals surface area contributed by atoms with Gasteiger partial charge in [0.15, 0.2) is 5.65 Å². The number of methoxy groups -OCH3 is 1. The number of nitrogens with zero attached hydrogens (tertiary/aromatic N) is 5. The normalized spacial score (nSPS) is 14.2. The van der Waals surface area contributed by atoms with E-state index in [1.165, 1.54) is 13.2 Å². The SMILES string of the molecule is COc1ncc(-c2ccn3nc(N)nc3c2)cc1C(=O)NCc1cccc(F)c1CN1CCOCC1. The number of nitrogens with one attached hydrogen (secondary N) is 1. The van der Waals surface area contributed by atoms with Crippen LogP contribution in [0.15, 0.2) is 48.8 Å². The average Bonchev–Trinajstić information content (AvgIpc) is 3.28. The highest BCUT2D eigenvalue weighted by Gasteiger charge is 2.19. The van der Waals surface area contributed by atoms with Crippen LogP contribution in [0.3, 0.4) is 0 Å². The molecule has 186 valence electrons. The van der Waals surface area contributed by atoms with Crippen LogP contribution in [0.5, 0.6) is 5.88 Å². The Labute approximate surface area is 206 Å². The van der Waals surface area contributed by atoms with Gasteiger partial charge in [-0.3, -0.25) is 9.69 Å². The van der Waals surface area contributed by atoms with Crippen molar-refractivity contribution in [1.29, 1.82) is 0 Å². The number of benzene rings is 1. The van der Waals surface area contributed by atoms with Crippen molar-refractivity contribution in [2.24, 2.45) is 0 Å². The third-order valence-electron chi connectivity index (χ3n) is 6.12. The fraction of sp³-hybridized carbons (Fsp3) is 0.280. The van der Waals surface area contributed by atoms with Crippen LogP contribution in [0.4, 0.5) is 10.3 Å². The van der Waals surface area contributed by atoms with Gasteiger partial charge in [0.05, 0.1) is 20.3 Å². The molecule has 0 saturated carbocycles. The molecule has 1 fully saturated rings. The lowest BCUT2D eigenvalue weighted by Gasteiger charge is -2.27. The van der Waals surface area contributed by atoms with Crippen molar-refractivity contribution in [2.45, 2.75) is 13.1 Å². The number of hydrogen-bond acceptors (Lipinski definition) is 8. The van der Waals surface area contributed by atoms with E-state index in [0.717, 1.165) is 18.7 Å². The summed E-state index contributed by atoms with van der Waals surface area (Å²) in [6, 6.07) is 10.3. The molecule has 0 atom stereocenters. The first-order valence-corrected chi connectivity index (χ1v) is 11.5. The number of nitrogens with two attached hydrogens (primary N) is 1. The van der Waals surface area contributed by atoms with E-state index >= 15 is 0 Å². The van der Waals surface area contributed by atoms with Gasteiger partial charge in [0, 0.05) is 49.7 Å². The highest BCUT2D eigenvalue weighted by atomic mass is 19.1. The number of carbonyl (C=O) groups is 1. The van der Waals surface area contributed by atoms with Gasteiger partial charge in [-0.15, -0.1) is 5.10 Å². The average molecular weight is 492 g/mol. The third-order valence-corrected chi connectivity index (χ3v) is 6.12. The molecule has 4 aromatic rings. The Morgan fingerprint density at radius 3 is 2.86 bits per heavy atom. The minimum absolute atomic E-state index is 0.161. The summed E-state index contributed by atoms with van der Waals surface area (Å²) in [7, 11) is 1.46. The quantitative estimate of drug-likeness (QED) is 0.404. The predicted octanol–water partition coefficient (Wildman–Crippen LogP) is 2.28. The molecule has 0 bridgehead atoms. The fourth-order valence-corrected chi connectivity index (χ4v) is 4.21. The number of halogens is 1. The highest BCUT2D eigenvalue weighted by Crippen LogP contribution is 2.26. The summed E-state index contributed by atoms with van der Waals surface area (Å²) in [5.74, 6) is -0.308. The lowest BCUT2D eigenvalue weighted by atomic mass is 10.0. The lowest BCUT2D eigenvalue weighted by molar-refractivity contribution is 0.0336. The number of hydrogen-bond donors (Lipinski definition) is 2. The Kier molecular flexibility index (Phi) is 6.74. The first kappa shape index (κ1) is 23.6. The molecule has 0 radical (unpaired) electrons. The fourth-order valence-electron chi connectivity index (χ4n) is 4.21. The molecule has 3 N–H and O–H groups in total. The van der Waals surface area contributed by atoms with Crippen LogP contribution < -0.4 is 15.8 Å². The maximum atomic E-state index is 14.7. The number of nitrogen functional groups attached to an aromatic ring is 1. The number of aromatic nitrogens is 4. The maximum absolute atomic E-state index is 14.7. The zero-order chi connectivity index (χ0) is 25.1. The smallest absolute Gasteiger partial charge is 0.257 e. The molecule has 5 rings (SSSR count). The summed E-state index contributed by atoms with van der Waals surface area (Å²) in [5, 5.41) is 6.97. The van der Waals surface area contributed by atoms with Gasteiger partial charge in [-0.25, -0.2) is 13.9 Å². The van der Waals surface area contributed by atoms with Gasteiger partial charge in [-0.05, 0) is 35.4 Å². The van der Waals surface area contributed by atoms with Gasteiger partial charge in [0.25, 0.3) is 5.91 Å². The summed E-state index contributed by atoms with van der Waals surface area (Å²) in [4.78, 5) is 23.8. The number of pyridine rings is 2. The van der Waals surface area contributed by atoms with Crippen LogP contribution >= 0.6 is 0 Å². The third kappa shape index (κ3) is 4.97. The first-order chi connectivity index (χ1) is 17.5. The van der Waals surface area contributed by atoms with Crippen molar-refractivity contribution in [2.75, 3.05) is 39.1 Å². The summed E-state index contributed by atoms with van der Waals surface area (Å²) in [6.45, 7) is 3.35. The molecule has 1 amide bonds. The first-order valence-electron chi connectivity index (χ1n) is 11.5. The Morgan fingerprint density at radius 1 is 1.22 bits per heavy atom. The Balaban J connectivity index is 1.37. The number of anilines is 1. The topological polar surface area (TPSA) is 120 Å². The van der Waals surface area contributed by atoms with Crippen molar-refractivity contribution < 1.29 is 18.7 Å². The molecule has 0 spiro atoms. The summed E-state index contributed by atoms with van der Waals surface area (Å²) in [5.41, 5.74) is 9.29. The largest absolute Gasteiger partial charge is 0.480 e.